The number of benzene rings is 1. The molecule has 0 nitrogen and oxygen atoms in total. The highest BCUT2D eigenvalue weighted by Crippen LogP contribution is 2.17. The van der Waals surface area contributed by atoms with E-state index >= 15 is 0 Å². The summed E-state index contributed by atoms with van der Waals surface area (Å²) in [7, 11) is 0. The van der Waals surface area contributed by atoms with Crippen molar-refractivity contribution >= 4 is 33.6 Å². The van der Waals surface area contributed by atoms with E-state index in [4.69, 9.17) is 11.6 Å². The van der Waals surface area contributed by atoms with E-state index in [-0.39, 0.29) is 0 Å². The molecule has 0 fully saturated rings. The summed E-state index contributed by atoms with van der Waals surface area (Å²) in [5.74, 6) is 0. The van der Waals surface area contributed by atoms with Crippen LogP contribution in [0.3, 0.4) is 0 Å². The van der Waals surface area contributed by atoms with E-state index in [9.17, 15) is 0 Å². The molecule has 0 saturated heterocycles. The van der Waals surface area contributed by atoms with Crippen molar-refractivity contribution in [1.29, 1.82) is 0 Å². The first-order valence-corrected chi connectivity index (χ1v) is 4.09. The van der Waals surface area contributed by atoms with E-state index in [2.05, 4.69) is 15.9 Å². The maximum absolute atomic E-state index is 5.41. The van der Waals surface area contributed by atoms with Gasteiger partial charge in [-0.15, -0.1) is 0 Å². The molecule has 0 saturated carbocycles. The van der Waals surface area contributed by atoms with Gasteiger partial charge in [0, 0.05) is 10.0 Å². The third-order valence-corrected chi connectivity index (χ3v) is 2.00. The van der Waals surface area contributed by atoms with Crippen LogP contribution in [0.15, 0.2) is 34.3 Å². The molecule has 0 amide bonds. The van der Waals surface area contributed by atoms with Crippen molar-refractivity contribution in [3.05, 3.63) is 39.8 Å². The molecule has 1 aromatic carbocycles. The van der Waals surface area contributed by atoms with Crippen molar-refractivity contribution in [2.45, 2.75) is 0 Å². The summed E-state index contributed by atoms with van der Waals surface area (Å²) in [5, 5.41) is 0. The van der Waals surface area contributed by atoms with Gasteiger partial charge in [-0.3, -0.25) is 0 Å². The smallest absolute Gasteiger partial charge is 0.0248 e. The number of halogens is 2. The predicted molar refractivity (Wildman–Crippen MR) is 49.0 cm³/mol. The minimum Gasteiger partial charge on any atom is -0.0929 e. The second-order valence-corrected chi connectivity index (χ2v) is 2.92. The summed E-state index contributed by atoms with van der Waals surface area (Å²) in [4.78, 5) is 0. The second kappa shape index (κ2) is 3.79. The van der Waals surface area contributed by atoms with Crippen LogP contribution in [-0.4, -0.2) is 0 Å². The van der Waals surface area contributed by atoms with Crippen LogP contribution in [0.1, 0.15) is 5.56 Å². The molecule has 0 aliphatic carbocycles. The molecule has 0 N–H and O–H groups in total. The summed E-state index contributed by atoms with van der Waals surface area (Å²) in [6, 6.07) is 7.90. The Bertz CT molecular complexity index is 243. The summed E-state index contributed by atoms with van der Waals surface area (Å²) < 4.78 is 1.06. The zero-order valence-corrected chi connectivity index (χ0v) is 7.56. The molecule has 0 aromatic heterocycles. The van der Waals surface area contributed by atoms with E-state index in [1.165, 1.54) is 5.54 Å². The average Bonchev–Trinajstić information content (AvgIpc) is 1.94. The lowest BCUT2D eigenvalue weighted by atomic mass is 10.2. The average molecular weight is 217 g/mol. The van der Waals surface area contributed by atoms with Crippen molar-refractivity contribution < 1.29 is 0 Å². The fourth-order valence-corrected chi connectivity index (χ4v) is 1.23. The molecular formula is C8H6BrCl. The molecule has 0 aliphatic rings. The van der Waals surface area contributed by atoms with Crippen LogP contribution in [0, 0.1) is 0 Å². The molecule has 0 aliphatic heterocycles. The van der Waals surface area contributed by atoms with Crippen LogP contribution in [0.2, 0.25) is 0 Å². The Morgan fingerprint density at radius 1 is 1.30 bits per heavy atom. The van der Waals surface area contributed by atoms with Gasteiger partial charge in [0.25, 0.3) is 0 Å². The van der Waals surface area contributed by atoms with Crippen LogP contribution in [0.5, 0.6) is 0 Å². The first kappa shape index (κ1) is 7.83. The first-order chi connectivity index (χ1) is 4.84. The molecule has 1 aromatic rings. The van der Waals surface area contributed by atoms with Gasteiger partial charge in [0.1, 0.15) is 0 Å². The Morgan fingerprint density at radius 3 is 2.60 bits per heavy atom. The normalized spacial score (nSPS) is 10.6. The molecule has 0 radical (unpaired) electrons. The predicted octanol–water partition coefficient (Wildman–Crippen LogP) is 3.66. The Morgan fingerprint density at radius 2 is 2.00 bits per heavy atom. The quantitative estimate of drug-likeness (QED) is 0.673. The molecule has 52 valence electrons. The highest BCUT2D eigenvalue weighted by atomic mass is 79.9. The largest absolute Gasteiger partial charge is 0.0929 e. The van der Waals surface area contributed by atoms with Gasteiger partial charge >= 0.3 is 0 Å². The fourth-order valence-electron chi connectivity index (χ4n) is 0.678. The van der Waals surface area contributed by atoms with Crippen LogP contribution in [0.25, 0.3) is 6.08 Å². The molecule has 0 heterocycles. The van der Waals surface area contributed by atoms with Crippen LogP contribution in [-0.2, 0) is 0 Å². The summed E-state index contributed by atoms with van der Waals surface area (Å²) in [5.41, 5.74) is 2.60. The highest BCUT2D eigenvalue weighted by molar-refractivity contribution is 9.10. The van der Waals surface area contributed by atoms with Crippen LogP contribution < -0.4 is 0 Å². The van der Waals surface area contributed by atoms with E-state index in [1.54, 1.807) is 0 Å². The standard InChI is InChI=1S/C8H6BrCl/c9-8-4-2-1-3-7(8)5-6-10/h1-6H/b6-5-. The van der Waals surface area contributed by atoms with E-state index < -0.39 is 0 Å². The zero-order valence-electron chi connectivity index (χ0n) is 5.22. The number of hydrogen-bond acceptors (Lipinski definition) is 0. The molecule has 0 bridgehead atoms. The lowest BCUT2D eigenvalue weighted by Gasteiger charge is -1.93. The van der Waals surface area contributed by atoms with Crippen molar-refractivity contribution in [3.63, 3.8) is 0 Å². The summed E-state index contributed by atoms with van der Waals surface area (Å²) >= 11 is 8.79. The highest BCUT2D eigenvalue weighted by Gasteiger charge is 1.90. The SMILES string of the molecule is Cl/C=C\c1ccccc1Br. The fraction of sp³-hybridized carbons (Fsp3) is 0. The molecule has 10 heavy (non-hydrogen) atoms. The van der Waals surface area contributed by atoms with Gasteiger partial charge in [-0.25, -0.2) is 0 Å². The Balaban J connectivity index is 3.03. The summed E-state index contributed by atoms with van der Waals surface area (Å²) in [6.45, 7) is 0. The van der Waals surface area contributed by atoms with Crippen LogP contribution >= 0.6 is 27.5 Å². The summed E-state index contributed by atoms with van der Waals surface area (Å²) in [6.07, 6.45) is 1.84. The first-order valence-electron chi connectivity index (χ1n) is 2.86. The third-order valence-electron chi connectivity index (χ3n) is 1.15. The van der Waals surface area contributed by atoms with Crippen molar-refractivity contribution in [2.24, 2.45) is 0 Å². The van der Waals surface area contributed by atoms with Crippen molar-refractivity contribution in [2.75, 3.05) is 0 Å². The van der Waals surface area contributed by atoms with Crippen molar-refractivity contribution in [1.82, 2.24) is 0 Å². The van der Waals surface area contributed by atoms with Gasteiger partial charge in [0.15, 0.2) is 0 Å². The van der Waals surface area contributed by atoms with Crippen molar-refractivity contribution in [3.8, 4) is 0 Å². The van der Waals surface area contributed by atoms with Gasteiger partial charge in [0.05, 0.1) is 0 Å². The minimum absolute atomic E-state index is 1.06. The van der Waals surface area contributed by atoms with E-state index in [1.807, 2.05) is 30.3 Å². The van der Waals surface area contributed by atoms with Gasteiger partial charge in [-0.2, -0.15) is 0 Å². The van der Waals surface area contributed by atoms with Gasteiger partial charge < -0.3 is 0 Å². The Labute approximate surface area is 73.6 Å². The maximum Gasteiger partial charge on any atom is 0.0248 e. The minimum atomic E-state index is 1.06. The molecule has 0 unspecified atom stereocenters. The van der Waals surface area contributed by atoms with Crippen LogP contribution in [0.4, 0.5) is 0 Å². The van der Waals surface area contributed by atoms with E-state index in [0.29, 0.717) is 0 Å². The lowest BCUT2D eigenvalue weighted by Crippen LogP contribution is -1.71. The maximum atomic E-state index is 5.41. The third kappa shape index (κ3) is 1.86. The number of hydrogen-bond donors (Lipinski definition) is 0. The molecule has 2 heteroatoms. The molecule has 1 rings (SSSR count). The molecule has 0 atom stereocenters. The monoisotopic (exact) mass is 216 g/mol. The van der Waals surface area contributed by atoms with Gasteiger partial charge in [-0.1, -0.05) is 45.7 Å². The second-order valence-electron chi connectivity index (χ2n) is 1.81. The Hall–Kier alpha value is -0.270. The Kier molecular flexibility index (Phi) is 2.97. The van der Waals surface area contributed by atoms with E-state index in [0.717, 1.165) is 10.0 Å². The molecule has 0 spiro atoms. The van der Waals surface area contributed by atoms with Gasteiger partial charge in [-0.05, 0) is 17.7 Å². The lowest BCUT2D eigenvalue weighted by molar-refractivity contribution is 1.60. The number of rotatable bonds is 1. The molecular weight excluding hydrogens is 211 g/mol. The zero-order chi connectivity index (χ0) is 7.40. The topological polar surface area (TPSA) is 0 Å². The van der Waals surface area contributed by atoms with Gasteiger partial charge in [0.2, 0.25) is 0 Å².